The number of aryl methyl sites for hydroxylation is 1. The lowest BCUT2D eigenvalue weighted by molar-refractivity contribution is -0.0532. The number of nitrogens with zero attached hydrogens (tertiary/aromatic N) is 3. The van der Waals surface area contributed by atoms with Crippen LogP contribution in [0, 0.1) is 12.7 Å². The number of nitrogens with one attached hydrogen (secondary N) is 2. The van der Waals surface area contributed by atoms with Crippen LogP contribution in [-0.2, 0) is 20.6 Å². The summed E-state index contributed by atoms with van der Waals surface area (Å²) in [4.78, 5) is 47.2. The Morgan fingerprint density at radius 2 is 1.79 bits per heavy atom. The number of halogens is 1. The standard InChI is InChI=1S/C30H34FN5O7/c1-15-20(13-32-22-7-6-8-36(26(15)22)29(39)40)19-9-16-10-23(34-27(37)42-18-11-17(12-18)41-5)33-14-21(16)25(24(19)31)35-28(38)43-30(2,3)4/h9-10,13-14,17-18H,6-8,11-12H2,1-5H3,(H,35,38)(H,39,40)(H,33,34,37). The highest BCUT2D eigenvalue weighted by Crippen LogP contribution is 2.41. The number of fused-ring (bicyclic) bond motifs is 2. The summed E-state index contributed by atoms with van der Waals surface area (Å²) in [6.07, 6.45) is 2.37. The fourth-order valence-corrected chi connectivity index (χ4v) is 5.32. The van der Waals surface area contributed by atoms with Gasteiger partial charge in [0, 0.05) is 55.4 Å². The molecule has 43 heavy (non-hydrogen) atoms. The average molecular weight is 596 g/mol. The molecule has 3 amide bonds. The zero-order chi connectivity index (χ0) is 31.1. The number of hydrogen-bond donors (Lipinski definition) is 3. The summed E-state index contributed by atoms with van der Waals surface area (Å²) in [5.41, 5.74) is 0.955. The summed E-state index contributed by atoms with van der Waals surface area (Å²) >= 11 is 0. The Hall–Kier alpha value is -4.52. The molecule has 2 aliphatic rings. The van der Waals surface area contributed by atoms with Crippen LogP contribution in [0.1, 0.15) is 51.3 Å². The first kappa shape index (κ1) is 30.0. The Morgan fingerprint density at radius 3 is 2.47 bits per heavy atom. The van der Waals surface area contributed by atoms with E-state index in [1.807, 2.05) is 0 Å². The van der Waals surface area contributed by atoms with E-state index in [9.17, 15) is 19.5 Å². The highest BCUT2D eigenvalue weighted by atomic mass is 19.1. The van der Waals surface area contributed by atoms with Gasteiger partial charge in [0.2, 0.25) is 0 Å². The molecule has 3 N–H and O–H groups in total. The molecule has 1 fully saturated rings. The van der Waals surface area contributed by atoms with Gasteiger partial charge in [-0.1, -0.05) is 0 Å². The van der Waals surface area contributed by atoms with Crippen LogP contribution < -0.4 is 15.5 Å². The minimum absolute atomic E-state index is 0.0601. The maximum absolute atomic E-state index is 16.4. The number of methoxy groups -OCH3 is 1. The van der Waals surface area contributed by atoms with Crippen LogP contribution >= 0.6 is 0 Å². The van der Waals surface area contributed by atoms with E-state index >= 15 is 4.39 Å². The first-order valence-electron chi connectivity index (χ1n) is 14.0. The largest absolute Gasteiger partial charge is 0.465 e. The third-order valence-electron chi connectivity index (χ3n) is 7.44. The summed E-state index contributed by atoms with van der Waals surface area (Å²) in [5.74, 6) is -0.626. The lowest BCUT2D eigenvalue weighted by Gasteiger charge is -2.33. The van der Waals surface area contributed by atoms with E-state index in [4.69, 9.17) is 14.2 Å². The first-order chi connectivity index (χ1) is 20.3. The van der Waals surface area contributed by atoms with Crippen molar-refractivity contribution in [3.05, 3.63) is 41.6 Å². The molecule has 228 valence electrons. The molecule has 13 heteroatoms. The van der Waals surface area contributed by atoms with Crippen molar-refractivity contribution in [2.75, 3.05) is 29.2 Å². The second kappa shape index (κ2) is 11.6. The quantitative estimate of drug-likeness (QED) is 0.311. The Morgan fingerprint density at radius 1 is 1.05 bits per heavy atom. The smallest absolute Gasteiger partial charge is 0.413 e. The monoisotopic (exact) mass is 595 g/mol. The maximum Gasteiger partial charge on any atom is 0.413 e. The molecular formula is C30H34FN5O7. The summed E-state index contributed by atoms with van der Waals surface area (Å²) in [7, 11) is 1.60. The van der Waals surface area contributed by atoms with Crippen molar-refractivity contribution >= 4 is 46.2 Å². The van der Waals surface area contributed by atoms with Crippen LogP contribution in [0.25, 0.3) is 21.9 Å². The van der Waals surface area contributed by atoms with E-state index < -0.39 is 29.7 Å². The highest BCUT2D eigenvalue weighted by Gasteiger charge is 2.32. The number of hydrogen-bond acceptors (Lipinski definition) is 8. The Bertz CT molecular complexity index is 1600. The second-order valence-corrected chi connectivity index (χ2v) is 11.6. The van der Waals surface area contributed by atoms with Crippen LogP contribution in [0.2, 0.25) is 0 Å². The van der Waals surface area contributed by atoms with E-state index in [-0.39, 0.29) is 34.7 Å². The van der Waals surface area contributed by atoms with Crippen molar-refractivity contribution < 1.29 is 38.1 Å². The lowest BCUT2D eigenvalue weighted by Crippen LogP contribution is -2.39. The number of benzene rings is 1. The van der Waals surface area contributed by atoms with Gasteiger partial charge in [-0.25, -0.2) is 23.8 Å². The van der Waals surface area contributed by atoms with Crippen LogP contribution in [0.4, 0.5) is 36.0 Å². The first-order valence-corrected chi connectivity index (χ1v) is 14.0. The minimum atomic E-state index is -1.12. The van der Waals surface area contributed by atoms with Gasteiger partial charge < -0.3 is 19.3 Å². The predicted octanol–water partition coefficient (Wildman–Crippen LogP) is 6.25. The predicted molar refractivity (Wildman–Crippen MR) is 157 cm³/mol. The molecule has 0 radical (unpaired) electrons. The van der Waals surface area contributed by atoms with Crippen LogP contribution in [0.5, 0.6) is 0 Å². The van der Waals surface area contributed by atoms with E-state index in [1.165, 1.54) is 23.4 Å². The van der Waals surface area contributed by atoms with Gasteiger partial charge >= 0.3 is 18.3 Å². The van der Waals surface area contributed by atoms with Crippen molar-refractivity contribution in [1.82, 2.24) is 9.97 Å². The molecular weight excluding hydrogens is 561 g/mol. The molecule has 1 aliphatic heterocycles. The number of rotatable bonds is 5. The van der Waals surface area contributed by atoms with E-state index in [2.05, 4.69) is 20.6 Å². The summed E-state index contributed by atoms with van der Waals surface area (Å²) in [5, 5.41) is 15.6. The molecule has 12 nitrogen and oxygen atoms in total. The second-order valence-electron chi connectivity index (χ2n) is 11.6. The maximum atomic E-state index is 16.4. The lowest BCUT2D eigenvalue weighted by atomic mass is 9.92. The fraction of sp³-hybridized carbons (Fsp3) is 0.433. The van der Waals surface area contributed by atoms with Gasteiger partial charge in [0.25, 0.3) is 0 Å². The molecule has 2 aromatic heterocycles. The van der Waals surface area contributed by atoms with E-state index in [0.717, 1.165) is 0 Å². The molecule has 0 saturated heterocycles. The summed E-state index contributed by atoms with van der Waals surface area (Å²) < 4.78 is 32.3. The number of aromatic nitrogens is 2. The third kappa shape index (κ3) is 6.31. The summed E-state index contributed by atoms with van der Waals surface area (Å²) in [6.45, 7) is 7.07. The topological polar surface area (TPSA) is 152 Å². The number of anilines is 3. The van der Waals surface area contributed by atoms with Crippen molar-refractivity contribution in [2.45, 2.75) is 71.2 Å². The van der Waals surface area contributed by atoms with Gasteiger partial charge in [-0.05, 0) is 63.6 Å². The number of carbonyl (C=O) groups is 3. The van der Waals surface area contributed by atoms with Crippen molar-refractivity contribution in [2.24, 2.45) is 0 Å². The van der Waals surface area contributed by atoms with Gasteiger partial charge in [-0.15, -0.1) is 0 Å². The molecule has 1 aliphatic carbocycles. The van der Waals surface area contributed by atoms with Crippen molar-refractivity contribution in [1.29, 1.82) is 0 Å². The molecule has 0 spiro atoms. The fourth-order valence-electron chi connectivity index (χ4n) is 5.32. The van der Waals surface area contributed by atoms with Crippen molar-refractivity contribution in [3.63, 3.8) is 0 Å². The van der Waals surface area contributed by atoms with E-state index in [1.54, 1.807) is 40.9 Å². The number of amides is 3. The minimum Gasteiger partial charge on any atom is -0.465 e. The molecule has 3 aromatic rings. The SMILES string of the molecule is COC1CC(OC(=O)Nc2cc3cc(-c4cnc5c(c4C)N(C(=O)O)CCC5)c(F)c(NC(=O)OC(C)(C)C)c3cn2)C1. The molecule has 0 bridgehead atoms. The van der Waals surface area contributed by atoms with Crippen molar-refractivity contribution in [3.8, 4) is 11.1 Å². The van der Waals surface area contributed by atoms with Gasteiger partial charge in [-0.3, -0.25) is 20.5 Å². The van der Waals surface area contributed by atoms with Gasteiger partial charge in [0.05, 0.1) is 23.2 Å². The number of pyridine rings is 2. The average Bonchev–Trinajstić information content (AvgIpc) is 2.91. The van der Waals surface area contributed by atoms with Gasteiger partial charge in [-0.2, -0.15) is 0 Å². The van der Waals surface area contributed by atoms with Gasteiger partial charge in [0.15, 0.2) is 5.82 Å². The molecule has 3 heterocycles. The molecule has 1 aromatic carbocycles. The Balaban J connectivity index is 1.57. The van der Waals surface area contributed by atoms with Crippen LogP contribution in [0.15, 0.2) is 24.5 Å². The zero-order valence-electron chi connectivity index (χ0n) is 24.6. The number of carboxylic acid groups (broad SMARTS) is 1. The zero-order valence-corrected chi connectivity index (χ0v) is 24.6. The van der Waals surface area contributed by atoms with Crippen LogP contribution in [-0.4, -0.2) is 64.8 Å². The third-order valence-corrected chi connectivity index (χ3v) is 7.44. The number of ether oxygens (including phenoxy) is 3. The van der Waals surface area contributed by atoms with Gasteiger partial charge in [0.1, 0.15) is 17.5 Å². The summed E-state index contributed by atoms with van der Waals surface area (Å²) in [6, 6.07) is 3.08. The molecule has 0 unspecified atom stereocenters. The highest BCUT2D eigenvalue weighted by molar-refractivity contribution is 6.04. The molecule has 0 atom stereocenters. The Labute approximate surface area is 247 Å². The molecule has 5 rings (SSSR count). The molecule has 1 saturated carbocycles. The number of carbonyl (C=O) groups excluding carboxylic acids is 2. The van der Waals surface area contributed by atoms with E-state index in [0.29, 0.717) is 60.1 Å². The van der Waals surface area contributed by atoms with Crippen LogP contribution in [0.3, 0.4) is 0 Å². The Kier molecular flexibility index (Phi) is 8.10. The normalized spacial score (nSPS) is 18.0.